The lowest BCUT2D eigenvalue weighted by Crippen LogP contribution is -2.38. The van der Waals surface area contributed by atoms with Gasteiger partial charge in [-0.2, -0.15) is 0 Å². The lowest BCUT2D eigenvalue weighted by Gasteiger charge is -2.14. The molecule has 2 aliphatic heterocycles. The highest BCUT2D eigenvalue weighted by atomic mass is 16.7. The van der Waals surface area contributed by atoms with E-state index >= 15 is 0 Å². The third-order valence-electron chi connectivity index (χ3n) is 3.71. The van der Waals surface area contributed by atoms with Crippen molar-refractivity contribution in [3.05, 3.63) is 23.8 Å². The summed E-state index contributed by atoms with van der Waals surface area (Å²) in [6, 6.07) is 5.21. The molecule has 1 aromatic carbocycles. The maximum absolute atomic E-state index is 12.1. The Kier molecular flexibility index (Phi) is 3.79. The molecule has 0 aliphatic carbocycles. The molecule has 1 saturated heterocycles. The first-order valence-electron chi connectivity index (χ1n) is 7.15. The fraction of sp³-hybridized carbons (Fsp3) is 0.467. The van der Waals surface area contributed by atoms with Crippen LogP contribution in [0.3, 0.4) is 0 Å². The zero-order valence-electron chi connectivity index (χ0n) is 11.9. The van der Waals surface area contributed by atoms with Gasteiger partial charge in [-0.1, -0.05) is 19.1 Å². The predicted molar refractivity (Wildman–Crippen MR) is 74.8 cm³/mol. The van der Waals surface area contributed by atoms with E-state index < -0.39 is 6.04 Å². The van der Waals surface area contributed by atoms with Crippen LogP contribution in [0.15, 0.2) is 18.2 Å². The van der Waals surface area contributed by atoms with Crippen molar-refractivity contribution in [2.75, 3.05) is 13.3 Å². The second kappa shape index (κ2) is 5.73. The van der Waals surface area contributed by atoms with Crippen LogP contribution in [0.25, 0.3) is 0 Å². The zero-order valence-corrected chi connectivity index (χ0v) is 11.9. The van der Waals surface area contributed by atoms with E-state index in [0.717, 1.165) is 17.7 Å². The standard InChI is InChI=1S/C15H18N2O4/c1-2-6-17-13(18)7-11(15(17)19)16-8-10-4-3-5-12-14(10)21-9-20-12/h3-5,11,16H,2,6-9H2,1H3. The van der Waals surface area contributed by atoms with Gasteiger partial charge >= 0.3 is 0 Å². The van der Waals surface area contributed by atoms with Crippen LogP contribution in [0.5, 0.6) is 11.5 Å². The van der Waals surface area contributed by atoms with E-state index in [1.807, 2.05) is 25.1 Å². The number of hydrogen-bond donors (Lipinski definition) is 1. The molecular weight excluding hydrogens is 272 g/mol. The smallest absolute Gasteiger partial charge is 0.246 e. The Labute approximate surface area is 123 Å². The average Bonchev–Trinajstić information content (AvgIpc) is 3.05. The number of hydrogen-bond acceptors (Lipinski definition) is 5. The molecule has 21 heavy (non-hydrogen) atoms. The number of rotatable bonds is 5. The van der Waals surface area contributed by atoms with Crippen molar-refractivity contribution in [1.29, 1.82) is 0 Å². The van der Waals surface area contributed by atoms with Gasteiger partial charge in [-0.05, 0) is 12.5 Å². The monoisotopic (exact) mass is 290 g/mol. The number of amides is 2. The first kappa shape index (κ1) is 13.9. The highest BCUT2D eigenvalue weighted by Gasteiger charge is 2.37. The van der Waals surface area contributed by atoms with Crippen molar-refractivity contribution in [1.82, 2.24) is 10.2 Å². The second-order valence-electron chi connectivity index (χ2n) is 5.17. The van der Waals surface area contributed by atoms with E-state index in [4.69, 9.17) is 9.47 Å². The summed E-state index contributed by atoms with van der Waals surface area (Å²) in [4.78, 5) is 25.3. The molecule has 0 saturated carbocycles. The van der Waals surface area contributed by atoms with E-state index in [0.29, 0.717) is 18.8 Å². The number of imide groups is 1. The maximum Gasteiger partial charge on any atom is 0.246 e. The summed E-state index contributed by atoms with van der Waals surface area (Å²) in [7, 11) is 0. The minimum atomic E-state index is -0.442. The Balaban J connectivity index is 1.65. The maximum atomic E-state index is 12.1. The Bertz CT molecular complexity index is 573. The molecule has 0 aromatic heterocycles. The van der Waals surface area contributed by atoms with Crippen LogP contribution in [0.2, 0.25) is 0 Å². The summed E-state index contributed by atoms with van der Waals surface area (Å²) < 4.78 is 10.7. The Morgan fingerprint density at radius 3 is 3.00 bits per heavy atom. The number of carbonyl (C=O) groups excluding carboxylic acids is 2. The number of carbonyl (C=O) groups is 2. The molecule has 1 atom stereocenters. The fourth-order valence-electron chi connectivity index (χ4n) is 2.66. The molecule has 6 nitrogen and oxygen atoms in total. The highest BCUT2D eigenvalue weighted by Crippen LogP contribution is 2.35. The average molecular weight is 290 g/mol. The largest absolute Gasteiger partial charge is 0.454 e. The predicted octanol–water partition coefficient (Wildman–Crippen LogP) is 1.04. The topological polar surface area (TPSA) is 67.9 Å². The van der Waals surface area contributed by atoms with Crippen molar-refractivity contribution in [3.8, 4) is 11.5 Å². The number of ether oxygens (including phenoxy) is 2. The van der Waals surface area contributed by atoms with Gasteiger partial charge in [0.05, 0.1) is 12.5 Å². The van der Waals surface area contributed by atoms with Gasteiger partial charge in [-0.3, -0.25) is 14.5 Å². The molecule has 0 spiro atoms. The van der Waals surface area contributed by atoms with E-state index in [2.05, 4.69) is 5.32 Å². The van der Waals surface area contributed by atoms with Gasteiger partial charge in [0.1, 0.15) is 0 Å². The molecule has 2 aliphatic rings. The number of benzene rings is 1. The summed E-state index contributed by atoms with van der Waals surface area (Å²) in [5, 5.41) is 3.15. The van der Waals surface area contributed by atoms with Crippen molar-refractivity contribution in [2.24, 2.45) is 0 Å². The first-order valence-corrected chi connectivity index (χ1v) is 7.15. The lowest BCUT2D eigenvalue weighted by atomic mass is 10.1. The molecule has 0 bridgehead atoms. The lowest BCUT2D eigenvalue weighted by molar-refractivity contribution is -0.138. The van der Waals surface area contributed by atoms with Crippen LogP contribution >= 0.6 is 0 Å². The van der Waals surface area contributed by atoms with Crippen molar-refractivity contribution in [2.45, 2.75) is 32.4 Å². The summed E-state index contributed by atoms with van der Waals surface area (Å²) in [5.74, 6) is 1.20. The van der Waals surface area contributed by atoms with Crippen LogP contribution in [0.4, 0.5) is 0 Å². The third-order valence-corrected chi connectivity index (χ3v) is 3.71. The molecule has 1 unspecified atom stereocenters. The van der Waals surface area contributed by atoms with Crippen LogP contribution in [-0.2, 0) is 16.1 Å². The molecule has 1 fully saturated rings. The van der Waals surface area contributed by atoms with E-state index in [1.165, 1.54) is 4.90 Å². The van der Waals surface area contributed by atoms with Gasteiger partial charge in [-0.15, -0.1) is 0 Å². The van der Waals surface area contributed by atoms with E-state index in [-0.39, 0.29) is 25.0 Å². The molecule has 2 amide bonds. The molecule has 3 rings (SSSR count). The summed E-state index contributed by atoms with van der Waals surface area (Å²) in [5.41, 5.74) is 0.930. The SMILES string of the molecule is CCCN1C(=O)CC(NCc2cccc3c2OCO3)C1=O. The first-order chi connectivity index (χ1) is 10.2. The van der Waals surface area contributed by atoms with Gasteiger partial charge < -0.3 is 14.8 Å². The van der Waals surface area contributed by atoms with Crippen LogP contribution in [0.1, 0.15) is 25.3 Å². The van der Waals surface area contributed by atoms with Crippen LogP contribution in [-0.4, -0.2) is 36.1 Å². The molecule has 0 radical (unpaired) electrons. The molecule has 2 heterocycles. The van der Waals surface area contributed by atoms with Gasteiger partial charge in [0.25, 0.3) is 0 Å². The Morgan fingerprint density at radius 2 is 2.19 bits per heavy atom. The van der Waals surface area contributed by atoms with Crippen molar-refractivity contribution in [3.63, 3.8) is 0 Å². The van der Waals surface area contributed by atoms with Crippen LogP contribution in [0, 0.1) is 0 Å². The van der Waals surface area contributed by atoms with Crippen molar-refractivity contribution >= 4 is 11.8 Å². The molecular formula is C15H18N2O4. The van der Waals surface area contributed by atoms with E-state index in [9.17, 15) is 9.59 Å². The Morgan fingerprint density at radius 1 is 1.33 bits per heavy atom. The molecule has 1 aromatic rings. The quantitative estimate of drug-likeness (QED) is 0.821. The summed E-state index contributed by atoms with van der Waals surface area (Å²) in [6.07, 6.45) is 1.01. The minimum absolute atomic E-state index is 0.0998. The van der Waals surface area contributed by atoms with Crippen molar-refractivity contribution < 1.29 is 19.1 Å². The number of nitrogens with zero attached hydrogens (tertiary/aromatic N) is 1. The van der Waals surface area contributed by atoms with E-state index in [1.54, 1.807) is 0 Å². The summed E-state index contributed by atoms with van der Waals surface area (Å²) >= 11 is 0. The van der Waals surface area contributed by atoms with Gasteiger partial charge in [0, 0.05) is 18.7 Å². The van der Waals surface area contributed by atoms with Gasteiger partial charge in [0.2, 0.25) is 18.6 Å². The Hall–Kier alpha value is -2.08. The minimum Gasteiger partial charge on any atom is -0.454 e. The summed E-state index contributed by atoms with van der Waals surface area (Å²) in [6.45, 7) is 3.13. The zero-order chi connectivity index (χ0) is 14.8. The second-order valence-corrected chi connectivity index (χ2v) is 5.17. The highest BCUT2D eigenvalue weighted by molar-refractivity contribution is 6.05. The fourth-order valence-corrected chi connectivity index (χ4v) is 2.66. The number of fused-ring (bicyclic) bond motifs is 1. The molecule has 1 N–H and O–H groups in total. The molecule has 6 heteroatoms. The molecule has 112 valence electrons. The van der Waals surface area contributed by atoms with Crippen LogP contribution < -0.4 is 14.8 Å². The number of para-hydroxylation sites is 1. The number of nitrogens with one attached hydrogen (secondary N) is 1. The van der Waals surface area contributed by atoms with Gasteiger partial charge in [-0.25, -0.2) is 0 Å². The normalized spacial score (nSPS) is 20.4. The van der Waals surface area contributed by atoms with Gasteiger partial charge in [0.15, 0.2) is 11.5 Å². The number of likely N-dealkylation sites (tertiary alicyclic amines) is 1. The third kappa shape index (κ3) is 2.58.